The van der Waals surface area contributed by atoms with Gasteiger partial charge in [-0.1, -0.05) is 0 Å². The van der Waals surface area contributed by atoms with Gasteiger partial charge in [0.1, 0.15) is 0 Å². The van der Waals surface area contributed by atoms with E-state index in [0.717, 1.165) is 25.6 Å². The van der Waals surface area contributed by atoms with Crippen LogP contribution in [0.3, 0.4) is 0 Å². The first-order valence-electron chi connectivity index (χ1n) is 8.19. The van der Waals surface area contributed by atoms with Gasteiger partial charge in [-0.3, -0.25) is 14.7 Å². The second kappa shape index (κ2) is 9.66. The first-order chi connectivity index (χ1) is 10.1. The fourth-order valence-corrected chi connectivity index (χ4v) is 2.11. The summed E-state index contributed by atoms with van der Waals surface area (Å²) in [6.07, 6.45) is 0. The Kier molecular flexibility index (Phi) is 9.09. The molecule has 0 unspecified atom stereocenters. The van der Waals surface area contributed by atoms with Gasteiger partial charge in [0.15, 0.2) is 5.96 Å². The summed E-state index contributed by atoms with van der Waals surface area (Å²) in [5, 5.41) is 6.51. The number of hydrogen-bond acceptors (Lipinski definition) is 3. The predicted octanol–water partition coefficient (Wildman–Crippen LogP) is 1.17. The van der Waals surface area contributed by atoms with Gasteiger partial charge in [-0.2, -0.15) is 0 Å². The Morgan fingerprint density at radius 1 is 1.18 bits per heavy atom. The average molecular weight is 313 g/mol. The average Bonchev–Trinajstić information content (AvgIpc) is 2.39. The van der Waals surface area contributed by atoms with Crippen molar-refractivity contribution in [1.82, 2.24) is 15.5 Å². The van der Waals surface area contributed by atoms with Crippen molar-refractivity contribution in [2.75, 3.05) is 26.2 Å². The Morgan fingerprint density at radius 2 is 1.73 bits per heavy atom. The maximum absolute atomic E-state index is 11.4. The highest BCUT2D eigenvalue weighted by molar-refractivity contribution is 5.82. The van der Waals surface area contributed by atoms with Crippen LogP contribution in [-0.4, -0.2) is 55.0 Å². The molecule has 0 heterocycles. The summed E-state index contributed by atoms with van der Waals surface area (Å²) in [5.74, 6) is 0.391. The van der Waals surface area contributed by atoms with Gasteiger partial charge in [-0.25, -0.2) is 0 Å². The third kappa shape index (κ3) is 7.64. The molecule has 4 N–H and O–H groups in total. The molecule has 22 heavy (non-hydrogen) atoms. The van der Waals surface area contributed by atoms with Gasteiger partial charge >= 0.3 is 0 Å². The molecule has 0 aliphatic carbocycles. The van der Waals surface area contributed by atoms with Gasteiger partial charge < -0.3 is 16.4 Å². The lowest BCUT2D eigenvalue weighted by Gasteiger charge is -2.30. The molecule has 0 atom stereocenters. The monoisotopic (exact) mass is 313 g/mol. The topological polar surface area (TPSA) is 82.7 Å². The van der Waals surface area contributed by atoms with E-state index in [2.05, 4.69) is 48.2 Å². The van der Waals surface area contributed by atoms with Crippen molar-refractivity contribution in [3.8, 4) is 0 Å². The summed E-state index contributed by atoms with van der Waals surface area (Å²) >= 11 is 0. The van der Waals surface area contributed by atoms with Crippen molar-refractivity contribution in [3.63, 3.8) is 0 Å². The molecule has 0 saturated heterocycles. The Hall–Kier alpha value is -1.30. The van der Waals surface area contributed by atoms with E-state index in [1.165, 1.54) is 0 Å². The van der Waals surface area contributed by atoms with Crippen LogP contribution in [0.5, 0.6) is 0 Å². The number of guanidine groups is 1. The van der Waals surface area contributed by atoms with E-state index < -0.39 is 5.41 Å². The number of carbonyl (C=O) groups excluding carboxylic acids is 1. The van der Waals surface area contributed by atoms with Crippen LogP contribution >= 0.6 is 0 Å². The maximum Gasteiger partial charge on any atom is 0.224 e. The fraction of sp³-hybridized carbons (Fsp3) is 0.875. The van der Waals surface area contributed by atoms with E-state index in [1.54, 1.807) is 0 Å². The number of rotatable bonds is 9. The molecule has 0 aliphatic rings. The van der Waals surface area contributed by atoms with Crippen LogP contribution < -0.4 is 16.4 Å². The third-order valence-corrected chi connectivity index (χ3v) is 3.63. The number of aliphatic imine (C=N–C) groups is 1. The second-order valence-electron chi connectivity index (χ2n) is 6.80. The van der Waals surface area contributed by atoms with E-state index in [0.29, 0.717) is 18.6 Å². The van der Waals surface area contributed by atoms with Gasteiger partial charge in [0.25, 0.3) is 0 Å². The Balaban J connectivity index is 4.56. The second-order valence-corrected chi connectivity index (χ2v) is 6.80. The molecular weight excluding hydrogens is 278 g/mol. The molecule has 1 amide bonds. The third-order valence-electron chi connectivity index (χ3n) is 3.63. The van der Waals surface area contributed by atoms with Crippen LogP contribution in [0.15, 0.2) is 4.99 Å². The normalized spacial score (nSPS) is 13.1. The van der Waals surface area contributed by atoms with Crippen LogP contribution in [0.2, 0.25) is 0 Å². The molecule has 0 fully saturated rings. The zero-order valence-corrected chi connectivity index (χ0v) is 15.4. The minimum Gasteiger partial charge on any atom is -0.369 e. The first-order valence-corrected chi connectivity index (χ1v) is 8.19. The largest absolute Gasteiger partial charge is 0.369 e. The molecule has 0 rings (SSSR count). The minimum atomic E-state index is -0.635. The Bertz CT molecular complexity index is 356. The molecule has 6 nitrogen and oxygen atoms in total. The zero-order valence-electron chi connectivity index (χ0n) is 15.4. The molecule has 0 aromatic rings. The molecule has 0 aromatic heterocycles. The molecule has 0 spiro atoms. The molecule has 6 heteroatoms. The first kappa shape index (κ1) is 20.7. The van der Waals surface area contributed by atoms with E-state index in [4.69, 9.17) is 5.73 Å². The predicted molar refractivity (Wildman–Crippen MR) is 93.9 cm³/mol. The standard InChI is InChI=1S/C16H35N5O/c1-8-18-15(20-11-16(6,7)14(17)22)19-9-10-21(12(2)3)13(4)5/h12-13H,8-11H2,1-7H3,(H2,17,22)(H2,18,19,20). The lowest BCUT2D eigenvalue weighted by atomic mass is 9.93. The van der Waals surface area contributed by atoms with E-state index >= 15 is 0 Å². The number of hydrogen-bond donors (Lipinski definition) is 3. The van der Waals surface area contributed by atoms with Gasteiger partial charge in [-0.05, 0) is 48.5 Å². The molecule has 0 bridgehead atoms. The summed E-state index contributed by atoms with van der Waals surface area (Å²) in [6, 6.07) is 1.02. The van der Waals surface area contributed by atoms with Gasteiger partial charge in [0.2, 0.25) is 5.91 Å². The van der Waals surface area contributed by atoms with E-state index in [9.17, 15) is 4.79 Å². The number of amides is 1. The van der Waals surface area contributed by atoms with Crippen molar-refractivity contribution in [2.45, 2.75) is 60.5 Å². The smallest absolute Gasteiger partial charge is 0.224 e. The van der Waals surface area contributed by atoms with Crippen LogP contribution in [0.1, 0.15) is 48.5 Å². The summed E-state index contributed by atoms with van der Waals surface area (Å²) in [5.41, 5.74) is 4.75. The van der Waals surface area contributed by atoms with Crippen LogP contribution in [0.4, 0.5) is 0 Å². The van der Waals surface area contributed by atoms with Crippen molar-refractivity contribution in [2.24, 2.45) is 16.1 Å². The minimum absolute atomic E-state index is 0.335. The lowest BCUT2D eigenvalue weighted by Crippen LogP contribution is -2.45. The summed E-state index contributed by atoms with van der Waals surface area (Å²) in [4.78, 5) is 18.2. The Morgan fingerprint density at radius 3 is 2.14 bits per heavy atom. The number of nitrogens with two attached hydrogens (primary N) is 1. The van der Waals surface area contributed by atoms with Gasteiger partial charge in [-0.15, -0.1) is 0 Å². The van der Waals surface area contributed by atoms with Crippen LogP contribution in [0.25, 0.3) is 0 Å². The number of carbonyl (C=O) groups is 1. The summed E-state index contributed by atoms with van der Waals surface area (Å²) < 4.78 is 0. The van der Waals surface area contributed by atoms with Crippen LogP contribution in [0, 0.1) is 5.41 Å². The number of nitrogens with one attached hydrogen (secondary N) is 2. The van der Waals surface area contributed by atoms with Crippen molar-refractivity contribution in [1.29, 1.82) is 0 Å². The highest BCUT2D eigenvalue weighted by atomic mass is 16.1. The van der Waals surface area contributed by atoms with Crippen molar-refractivity contribution < 1.29 is 4.79 Å². The molecule has 0 radical (unpaired) electrons. The zero-order chi connectivity index (χ0) is 17.3. The number of nitrogens with zero attached hydrogens (tertiary/aromatic N) is 2. The summed E-state index contributed by atoms with van der Waals surface area (Å²) in [7, 11) is 0. The number of primary amides is 1. The summed E-state index contributed by atoms with van der Waals surface area (Å²) in [6.45, 7) is 17.3. The quantitative estimate of drug-likeness (QED) is 0.441. The van der Waals surface area contributed by atoms with Crippen molar-refractivity contribution in [3.05, 3.63) is 0 Å². The van der Waals surface area contributed by atoms with Gasteiger partial charge in [0, 0.05) is 31.7 Å². The fourth-order valence-electron chi connectivity index (χ4n) is 2.11. The molecule has 0 aliphatic heterocycles. The Labute approximate surface area is 135 Å². The van der Waals surface area contributed by atoms with E-state index in [1.807, 2.05) is 20.8 Å². The van der Waals surface area contributed by atoms with Gasteiger partial charge in [0.05, 0.1) is 12.0 Å². The molecule has 130 valence electrons. The maximum atomic E-state index is 11.4. The highest BCUT2D eigenvalue weighted by Crippen LogP contribution is 2.13. The molecule has 0 saturated carbocycles. The highest BCUT2D eigenvalue weighted by Gasteiger charge is 2.24. The lowest BCUT2D eigenvalue weighted by molar-refractivity contribution is -0.125. The SMILES string of the molecule is CCNC(=NCC(C)(C)C(N)=O)NCCN(C(C)C)C(C)C. The van der Waals surface area contributed by atoms with Crippen LogP contribution in [-0.2, 0) is 4.79 Å². The molecular formula is C16H35N5O. The molecule has 0 aromatic carbocycles. The van der Waals surface area contributed by atoms with E-state index in [-0.39, 0.29) is 5.91 Å². The van der Waals surface area contributed by atoms with Crippen molar-refractivity contribution >= 4 is 11.9 Å².